The number of nitrogens with one attached hydrogen (secondary N) is 1. The van der Waals surface area contributed by atoms with Gasteiger partial charge in [0.1, 0.15) is 0 Å². The minimum atomic E-state index is -0.0608. The second kappa shape index (κ2) is 8.68. The van der Waals surface area contributed by atoms with Crippen LogP contribution < -0.4 is 5.32 Å². The first kappa shape index (κ1) is 18.2. The van der Waals surface area contributed by atoms with Crippen LogP contribution in [0.25, 0.3) is 0 Å². The molecule has 27 heavy (non-hydrogen) atoms. The maximum absolute atomic E-state index is 12.7. The maximum atomic E-state index is 12.7. The maximum Gasteiger partial charge on any atom is 0.255 e. The number of carbonyl (C=O) groups excluding carboxylic acids is 1. The van der Waals surface area contributed by atoms with E-state index in [9.17, 15) is 4.79 Å². The van der Waals surface area contributed by atoms with Gasteiger partial charge in [-0.3, -0.25) is 9.69 Å². The van der Waals surface area contributed by atoms with E-state index in [1.807, 2.05) is 42.5 Å². The van der Waals surface area contributed by atoms with Crippen molar-refractivity contribution >= 4 is 11.6 Å². The Morgan fingerprint density at radius 2 is 1.81 bits per heavy atom. The van der Waals surface area contributed by atoms with Gasteiger partial charge in [-0.2, -0.15) is 0 Å². The molecule has 2 aliphatic rings. The van der Waals surface area contributed by atoms with Crippen molar-refractivity contribution in [2.45, 2.75) is 38.8 Å². The van der Waals surface area contributed by atoms with E-state index in [1.165, 1.54) is 31.2 Å². The molecule has 0 spiro atoms. The lowest BCUT2D eigenvalue weighted by Crippen LogP contribution is -2.19. The Labute approximate surface area is 161 Å². The average molecular weight is 364 g/mol. The predicted molar refractivity (Wildman–Crippen MR) is 108 cm³/mol. The van der Waals surface area contributed by atoms with Crippen LogP contribution in [0.1, 0.15) is 47.2 Å². The molecule has 0 radical (unpaired) electrons. The number of rotatable bonds is 8. The third kappa shape index (κ3) is 5.41. The Morgan fingerprint density at radius 3 is 2.63 bits per heavy atom. The second-order valence-corrected chi connectivity index (χ2v) is 7.80. The van der Waals surface area contributed by atoms with E-state index in [1.54, 1.807) is 0 Å². The summed E-state index contributed by atoms with van der Waals surface area (Å²) in [6.45, 7) is 4.69. The number of hydrogen-bond donors (Lipinski definition) is 1. The minimum absolute atomic E-state index is 0.0608. The molecule has 2 aromatic carbocycles. The van der Waals surface area contributed by atoms with Gasteiger partial charge in [0.25, 0.3) is 5.91 Å². The lowest BCUT2D eigenvalue weighted by atomic mass is 10.1. The highest BCUT2D eigenvalue weighted by Gasteiger charge is 2.21. The van der Waals surface area contributed by atoms with Gasteiger partial charge < -0.3 is 10.1 Å². The molecule has 4 rings (SSSR count). The molecule has 1 amide bonds. The van der Waals surface area contributed by atoms with Crippen LogP contribution in [0.15, 0.2) is 48.5 Å². The van der Waals surface area contributed by atoms with Crippen molar-refractivity contribution in [2.24, 2.45) is 5.92 Å². The van der Waals surface area contributed by atoms with Crippen molar-refractivity contribution in [3.05, 3.63) is 65.2 Å². The van der Waals surface area contributed by atoms with Gasteiger partial charge in [-0.25, -0.2) is 0 Å². The van der Waals surface area contributed by atoms with Crippen LogP contribution in [0.4, 0.5) is 5.69 Å². The molecule has 4 nitrogen and oxygen atoms in total. The van der Waals surface area contributed by atoms with E-state index >= 15 is 0 Å². The average Bonchev–Trinajstić information content (AvgIpc) is 3.36. The first-order valence-electron chi connectivity index (χ1n) is 10.1. The van der Waals surface area contributed by atoms with Crippen LogP contribution >= 0.6 is 0 Å². The Kier molecular flexibility index (Phi) is 5.85. The van der Waals surface area contributed by atoms with Gasteiger partial charge >= 0.3 is 0 Å². The van der Waals surface area contributed by atoms with E-state index in [0.717, 1.165) is 43.4 Å². The fourth-order valence-corrected chi connectivity index (χ4v) is 3.58. The molecule has 0 aromatic heterocycles. The van der Waals surface area contributed by atoms with Crippen LogP contribution in [-0.4, -0.2) is 30.5 Å². The van der Waals surface area contributed by atoms with Crippen LogP contribution in [0.5, 0.6) is 0 Å². The fraction of sp³-hybridized carbons (Fsp3) is 0.435. The van der Waals surface area contributed by atoms with Gasteiger partial charge in [0.05, 0.1) is 6.61 Å². The first-order chi connectivity index (χ1) is 13.3. The third-order valence-electron chi connectivity index (χ3n) is 5.30. The Bertz CT molecular complexity index is 779. The van der Waals surface area contributed by atoms with Crippen LogP contribution in [-0.2, 0) is 17.9 Å². The van der Waals surface area contributed by atoms with E-state index < -0.39 is 0 Å². The zero-order valence-electron chi connectivity index (χ0n) is 15.8. The highest BCUT2D eigenvalue weighted by molar-refractivity contribution is 6.04. The molecule has 1 heterocycles. The number of benzene rings is 2. The summed E-state index contributed by atoms with van der Waals surface area (Å²) >= 11 is 0. The topological polar surface area (TPSA) is 41.6 Å². The third-order valence-corrected chi connectivity index (χ3v) is 5.30. The number of nitrogens with zero attached hydrogens (tertiary/aromatic N) is 1. The smallest absolute Gasteiger partial charge is 0.255 e. The largest absolute Gasteiger partial charge is 0.376 e. The highest BCUT2D eigenvalue weighted by atomic mass is 16.5. The molecular weight excluding hydrogens is 336 g/mol. The summed E-state index contributed by atoms with van der Waals surface area (Å²) in [5.41, 5.74) is 3.82. The standard InChI is InChI=1S/C23H28N2O2/c26-23(21-7-3-5-19(13-21)15-25-11-1-2-12-25)24-22-8-4-6-20(14-22)17-27-16-18-9-10-18/h3-8,13-14,18H,1-2,9-12,15-17H2,(H,24,26). The summed E-state index contributed by atoms with van der Waals surface area (Å²) in [5, 5.41) is 3.02. The van der Waals surface area contributed by atoms with E-state index in [2.05, 4.69) is 16.3 Å². The number of hydrogen-bond acceptors (Lipinski definition) is 3. The Hall–Kier alpha value is -2.17. The number of ether oxygens (including phenoxy) is 1. The van der Waals surface area contributed by atoms with Crippen molar-refractivity contribution in [1.82, 2.24) is 4.90 Å². The molecule has 1 aliphatic carbocycles. The Morgan fingerprint density at radius 1 is 1.04 bits per heavy atom. The van der Waals surface area contributed by atoms with Gasteiger partial charge in [0, 0.05) is 24.4 Å². The normalized spacial score (nSPS) is 17.2. The molecule has 1 saturated carbocycles. The Balaban J connectivity index is 1.35. The number of likely N-dealkylation sites (tertiary alicyclic amines) is 1. The highest BCUT2D eigenvalue weighted by Crippen LogP contribution is 2.29. The summed E-state index contributed by atoms with van der Waals surface area (Å²) in [7, 11) is 0. The van der Waals surface area contributed by atoms with E-state index in [4.69, 9.17) is 4.74 Å². The predicted octanol–water partition coefficient (Wildman–Crippen LogP) is 4.46. The summed E-state index contributed by atoms with van der Waals surface area (Å²) in [6.07, 6.45) is 5.15. The minimum Gasteiger partial charge on any atom is -0.376 e. The molecule has 0 unspecified atom stereocenters. The number of anilines is 1. The van der Waals surface area contributed by atoms with E-state index in [0.29, 0.717) is 12.2 Å². The summed E-state index contributed by atoms with van der Waals surface area (Å²) in [5.74, 6) is 0.704. The van der Waals surface area contributed by atoms with Crippen molar-refractivity contribution in [2.75, 3.05) is 25.0 Å². The van der Waals surface area contributed by atoms with Crippen molar-refractivity contribution < 1.29 is 9.53 Å². The van der Waals surface area contributed by atoms with Crippen LogP contribution in [0, 0.1) is 5.92 Å². The fourth-order valence-electron chi connectivity index (χ4n) is 3.58. The van der Waals surface area contributed by atoms with Gasteiger partial charge in [-0.1, -0.05) is 24.3 Å². The van der Waals surface area contributed by atoms with E-state index in [-0.39, 0.29) is 5.91 Å². The quantitative estimate of drug-likeness (QED) is 0.752. The van der Waals surface area contributed by atoms with Crippen molar-refractivity contribution in [3.8, 4) is 0 Å². The SMILES string of the molecule is O=C(Nc1cccc(COCC2CC2)c1)c1cccc(CN2CCCC2)c1. The lowest BCUT2D eigenvalue weighted by Gasteiger charge is -2.15. The zero-order valence-corrected chi connectivity index (χ0v) is 15.8. The number of carbonyl (C=O) groups is 1. The van der Waals surface area contributed by atoms with Crippen molar-refractivity contribution in [3.63, 3.8) is 0 Å². The van der Waals surface area contributed by atoms with Gasteiger partial charge in [-0.15, -0.1) is 0 Å². The molecule has 1 aliphatic heterocycles. The van der Waals surface area contributed by atoms with Crippen molar-refractivity contribution in [1.29, 1.82) is 0 Å². The molecule has 2 fully saturated rings. The van der Waals surface area contributed by atoms with Gasteiger partial charge in [0.2, 0.25) is 0 Å². The molecule has 1 N–H and O–H groups in total. The summed E-state index contributed by atoms with van der Waals surface area (Å²) in [4.78, 5) is 15.1. The molecule has 0 atom stereocenters. The zero-order chi connectivity index (χ0) is 18.5. The molecule has 0 bridgehead atoms. The molecular formula is C23H28N2O2. The van der Waals surface area contributed by atoms with Gasteiger partial charge in [-0.05, 0) is 80.1 Å². The lowest BCUT2D eigenvalue weighted by molar-refractivity contribution is 0.102. The summed E-state index contributed by atoms with van der Waals surface area (Å²) < 4.78 is 5.75. The van der Waals surface area contributed by atoms with Crippen LogP contribution in [0.3, 0.4) is 0 Å². The monoisotopic (exact) mass is 364 g/mol. The second-order valence-electron chi connectivity index (χ2n) is 7.80. The molecule has 2 aromatic rings. The van der Waals surface area contributed by atoms with Gasteiger partial charge in [0.15, 0.2) is 0 Å². The first-order valence-corrected chi connectivity index (χ1v) is 10.1. The molecule has 4 heteroatoms. The summed E-state index contributed by atoms with van der Waals surface area (Å²) in [6, 6.07) is 15.9. The number of amides is 1. The molecule has 1 saturated heterocycles. The van der Waals surface area contributed by atoms with Crippen LogP contribution in [0.2, 0.25) is 0 Å². The molecule has 142 valence electrons.